The van der Waals surface area contributed by atoms with Crippen LogP contribution in [0.25, 0.3) is 0 Å². The predicted molar refractivity (Wildman–Crippen MR) is 91.8 cm³/mol. The van der Waals surface area contributed by atoms with Crippen molar-refractivity contribution in [1.82, 2.24) is 9.62 Å². The molecule has 1 aliphatic heterocycles. The Hall–Kier alpha value is -1.36. The van der Waals surface area contributed by atoms with Crippen LogP contribution in [0.1, 0.15) is 25.7 Å². The predicted octanol–water partition coefficient (Wildman–Crippen LogP) is 1.53. The summed E-state index contributed by atoms with van der Waals surface area (Å²) < 4.78 is 67.3. The lowest BCUT2D eigenvalue weighted by atomic mass is 10.1. The summed E-state index contributed by atoms with van der Waals surface area (Å²) in [6, 6.07) is 0.0277. The molecular formula is C15H21ClF3N3O3S. The molecule has 3 N–H and O–H groups in total. The number of carbonyl (C=O) groups excluding carboxylic acids is 1. The first-order valence-electron chi connectivity index (χ1n) is 7.90. The van der Waals surface area contributed by atoms with E-state index in [0.717, 1.165) is 10.7 Å². The second-order valence-corrected chi connectivity index (χ2v) is 7.63. The van der Waals surface area contributed by atoms with E-state index >= 15 is 0 Å². The minimum absolute atomic E-state index is 0. The van der Waals surface area contributed by atoms with Crippen LogP contribution in [0.4, 0.5) is 13.2 Å². The summed E-state index contributed by atoms with van der Waals surface area (Å²) in [7, 11) is -4.51. The molecule has 6 nitrogen and oxygen atoms in total. The van der Waals surface area contributed by atoms with Gasteiger partial charge in [0.2, 0.25) is 15.9 Å². The number of hydrogen-bond donors (Lipinski definition) is 2. The molecule has 11 heteroatoms. The molecule has 1 unspecified atom stereocenters. The number of rotatable bonds is 6. The Bertz CT molecular complexity index is 726. The smallest absolute Gasteiger partial charge is 0.249 e. The summed E-state index contributed by atoms with van der Waals surface area (Å²) in [5, 5.41) is 2.57. The molecule has 0 aromatic heterocycles. The fourth-order valence-electron chi connectivity index (χ4n) is 2.84. The Labute approximate surface area is 156 Å². The van der Waals surface area contributed by atoms with Crippen LogP contribution in [-0.4, -0.2) is 44.3 Å². The van der Waals surface area contributed by atoms with E-state index in [4.69, 9.17) is 5.73 Å². The van der Waals surface area contributed by atoms with Gasteiger partial charge in [-0.25, -0.2) is 21.6 Å². The Kier molecular flexibility index (Phi) is 8.32. The highest BCUT2D eigenvalue weighted by molar-refractivity contribution is 7.89. The normalized spacial score (nSPS) is 18.2. The van der Waals surface area contributed by atoms with Gasteiger partial charge in [0, 0.05) is 44.2 Å². The second-order valence-electron chi connectivity index (χ2n) is 5.81. The van der Waals surface area contributed by atoms with Crippen LogP contribution >= 0.6 is 12.4 Å². The number of amides is 1. The second kappa shape index (κ2) is 9.54. The molecule has 148 valence electrons. The van der Waals surface area contributed by atoms with Gasteiger partial charge in [0.25, 0.3) is 0 Å². The Morgan fingerprint density at radius 2 is 1.85 bits per heavy atom. The van der Waals surface area contributed by atoms with Crippen LogP contribution in [0.2, 0.25) is 0 Å². The van der Waals surface area contributed by atoms with Crippen molar-refractivity contribution in [3.05, 3.63) is 29.6 Å². The molecule has 1 heterocycles. The maximum atomic E-state index is 13.9. The lowest BCUT2D eigenvalue weighted by Crippen LogP contribution is -2.49. The lowest BCUT2D eigenvalue weighted by Gasteiger charge is -2.34. The number of nitrogens with one attached hydrogen (secondary N) is 1. The molecule has 0 spiro atoms. The SMILES string of the molecule is Cl.NCCC(=O)NCC1CCCCN1S(=O)(=O)c1c(F)cc(F)cc1F. The van der Waals surface area contributed by atoms with Gasteiger partial charge in [0.1, 0.15) is 17.5 Å². The van der Waals surface area contributed by atoms with E-state index in [2.05, 4.69) is 5.32 Å². The molecule has 0 radical (unpaired) electrons. The zero-order chi connectivity index (χ0) is 18.6. The van der Waals surface area contributed by atoms with Gasteiger partial charge in [-0.05, 0) is 12.8 Å². The summed E-state index contributed by atoms with van der Waals surface area (Å²) in [6.45, 7) is 0.239. The van der Waals surface area contributed by atoms with Crippen molar-refractivity contribution < 1.29 is 26.4 Å². The number of benzene rings is 1. The highest BCUT2D eigenvalue weighted by Gasteiger charge is 2.37. The van der Waals surface area contributed by atoms with Crippen LogP contribution < -0.4 is 11.1 Å². The minimum Gasteiger partial charge on any atom is -0.354 e. The van der Waals surface area contributed by atoms with Gasteiger partial charge in [0.05, 0.1) is 0 Å². The number of piperidine rings is 1. The third-order valence-corrected chi connectivity index (χ3v) is 6.01. The van der Waals surface area contributed by atoms with E-state index in [-0.39, 0.29) is 44.4 Å². The fraction of sp³-hybridized carbons (Fsp3) is 0.533. The van der Waals surface area contributed by atoms with E-state index < -0.39 is 38.4 Å². The first-order chi connectivity index (χ1) is 11.8. The summed E-state index contributed by atoms with van der Waals surface area (Å²) in [6.07, 6.45) is 1.78. The molecule has 26 heavy (non-hydrogen) atoms. The molecule has 1 aliphatic rings. The topological polar surface area (TPSA) is 92.5 Å². The third kappa shape index (κ3) is 5.09. The van der Waals surface area contributed by atoms with Gasteiger partial charge in [-0.3, -0.25) is 4.79 Å². The van der Waals surface area contributed by atoms with Crippen LogP contribution in [-0.2, 0) is 14.8 Å². The summed E-state index contributed by atoms with van der Waals surface area (Å²) in [4.78, 5) is 10.4. The Morgan fingerprint density at radius 3 is 2.42 bits per heavy atom. The van der Waals surface area contributed by atoms with E-state index in [1.165, 1.54) is 0 Å². The van der Waals surface area contributed by atoms with Crippen molar-refractivity contribution in [1.29, 1.82) is 0 Å². The average Bonchev–Trinajstić information content (AvgIpc) is 2.52. The number of nitrogens with zero attached hydrogens (tertiary/aromatic N) is 1. The summed E-state index contributed by atoms with van der Waals surface area (Å²) in [5.74, 6) is -4.48. The molecule has 0 aliphatic carbocycles. The molecular weight excluding hydrogens is 395 g/mol. The lowest BCUT2D eigenvalue weighted by molar-refractivity contribution is -0.121. The number of carbonyl (C=O) groups is 1. The Morgan fingerprint density at radius 1 is 1.23 bits per heavy atom. The molecule has 1 aromatic rings. The number of nitrogens with two attached hydrogens (primary N) is 1. The maximum absolute atomic E-state index is 13.9. The summed E-state index contributed by atoms with van der Waals surface area (Å²) in [5.41, 5.74) is 5.28. The van der Waals surface area contributed by atoms with Crippen LogP contribution in [0.5, 0.6) is 0 Å². The van der Waals surface area contributed by atoms with Gasteiger partial charge in [-0.2, -0.15) is 4.31 Å². The van der Waals surface area contributed by atoms with Gasteiger partial charge < -0.3 is 11.1 Å². The third-order valence-electron chi connectivity index (χ3n) is 4.01. The number of sulfonamides is 1. The molecule has 0 bridgehead atoms. The van der Waals surface area contributed by atoms with Crippen molar-refractivity contribution in [3.8, 4) is 0 Å². The van der Waals surface area contributed by atoms with Crippen LogP contribution in [0.3, 0.4) is 0 Å². The van der Waals surface area contributed by atoms with Crippen LogP contribution in [0.15, 0.2) is 17.0 Å². The number of hydrogen-bond acceptors (Lipinski definition) is 4. The molecule has 1 atom stereocenters. The fourth-order valence-corrected chi connectivity index (χ4v) is 4.63. The van der Waals surface area contributed by atoms with Gasteiger partial charge in [0.15, 0.2) is 4.90 Å². The molecule has 2 rings (SSSR count). The molecule has 0 saturated carbocycles. The zero-order valence-corrected chi connectivity index (χ0v) is 15.5. The van der Waals surface area contributed by atoms with Crippen LogP contribution in [0, 0.1) is 17.5 Å². The van der Waals surface area contributed by atoms with E-state index in [9.17, 15) is 26.4 Å². The van der Waals surface area contributed by atoms with Crippen molar-refractivity contribution in [2.24, 2.45) is 5.73 Å². The van der Waals surface area contributed by atoms with E-state index in [1.807, 2.05) is 0 Å². The maximum Gasteiger partial charge on any atom is 0.249 e. The van der Waals surface area contributed by atoms with Crippen molar-refractivity contribution in [3.63, 3.8) is 0 Å². The van der Waals surface area contributed by atoms with E-state index in [1.54, 1.807) is 0 Å². The molecule has 1 aromatic carbocycles. The first-order valence-corrected chi connectivity index (χ1v) is 9.34. The Balaban J connectivity index is 0.00000338. The minimum atomic E-state index is -4.51. The highest BCUT2D eigenvalue weighted by atomic mass is 35.5. The molecule has 1 saturated heterocycles. The van der Waals surface area contributed by atoms with Crippen molar-refractivity contribution >= 4 is 28.3 Å². The monoisotopic (exact) mass is 415 g/mol. The zero-order valence-electron chi connectivity index (χ0n) is 13.9. The van der Waals surface area contributed by atoms with Crippen molar-refractivity contribution in [2.75, 3.05) is 19.6 Å². The molecule has 1 fully saturated rings. The average molecular weight is 416 g/mol. The van der Waals surface area contributed by atoms with Gasteiger partial charge in [-0.1, -0.05) is 6.42 Å². The van der Waals surface area contributed by atoms with E-state index in [0.29, 0.717) is 25.0 Å². The van der Waals surface area contributed by atoms with Gasteiger partial charge in [-0.15, -0.1) is 12.4 Å². The highest BCUT2D eigenvalue weighted by Crippen LogP contribution is 2.29. The quantitative estimate of drug-likeness (QED) is 0.737. The van der Waals surface area contributed by atoms with Crippen molar-refractivity contribution in [2.45, 2.75) is 36.6 Å². The van der Waals surface area contributed by atoms with Gasteiger partial charge >= 0.3 is 0 Å². The number of halogens is 4. The first kappa shape index (κ1) is 22.7. The molecule has 1 amide bonds. The summed E-state index contributed by atoms with van der Waals surface area (Å²) >= 11 is 0. The largest absolute Gasteiger partial charge is 0.354 e. The standard InChI is InChI=1S/C15H20F3N3O3S.ClH/c16-10-7-12(17)15(13(18)8-10)25(23,24)21-6-2-1-3-11(21)9-20-14(22)4-5-19;/h7-8,11H,1-6,9,19H2,(H,20,22);1H.